The van der Waals surface area contributed by atoms with E-state index >= 15 is 0 Å². The van der Waals surface area contributed by atoms with Crippen molar-refractivity contribution in [3.63, 3.8) is 0 Å². The summed E-state index contributed by atoms with van der Waals surface area (Å²) in [6, 6.07) is 13.0. The van der Waals surface area contributed by atoms with E-state index in [1.54, 1.807) is 30.7 Å². The second-order valence-electron chi connectivity index (χ2n) is 15.3. The van der Waals surface area contributed by atoms with Gasteiger partial charge in [-0.3, -0.25) is 4.21 Å². The first-order chi connectivity index (χ1) is 21.3. The van der Waals surface area contributed by atoms with Gasteiger partial charge in [-0.25, -0.2) is 9.98 Å². The molecule has 0 saturated heterocycles. The van der Waals surface area contributed by atoms with Crippen LogP contribution in [0.15, 0.2) is 45.6 Å². The van der Waals surface area contributed by atoms with Crippen LogP contribution in [0.1, 0.15) is 123 Å². The van der Waals surface area contributed by atoms with Gasteiger partial charge in [0.25, 0.3) is 0 Å². The summed E-state index contributed by atoms with van der Waals surface area (Å²) in [7, 11) is -0.611. The monoisotopic (exact) mass is 721 g/mol. The fourth-order valence-electron chi connectivity index (χ4n) is 4.03. The Morgan fingerprint density at radius 2 is 0.896 bits per heavy atom. The molecular weight excluding hydrogens is 672 g/mol. The number of rotatable bonds is 4. The Morgan fingerprint density at radius 3 is 1.08 bits per heavy atom. The van der Waals surface area contributed by atoms with E-state index < -0.39 is 10.8 Å². The zero-order valence-electron chi connectivity index (χ0n) is 31.5. The fourth-order valence-corrected chi connectivity index (χ4v) is 4.03. The number of aliphatic imine (C=N–C) groups is 2. The number of benzene rings is 2. The third-order valence-corrected chi connectivity index (χ3v) is 6.68. The van der Waals surface area contributed by atoms with Crippen molar-refractivity contribution < 1.29 is 33.9 Å². The van der Waals surface area contributed by atoms with Crippen molar-refractivity contribution in [3.05, 3.63) is 69.0 Å². The predicted molar refractivity (Wildman–Crippen MR) is 191 cm³/mol. The standard InChI is InChI=1S/C34H44N4O2.C2H3N.C2H6OS.Zn/c1-31(2,3)23-13-21(29(39)25(15-23)33(7,8)9)19-37-27(17-35)28(18-36)38-20-22-14-24(32(4,5)6)16-26(30(22)40)34(10,11)12;1-2-3;1-4(2)3;/h13-16,19-20,39-40H,1-12H3;1H3;1-2H3;/q;;;+2/p-2/b28-27-,37-19?,38-20?;;;. The molecule has 8 nitrogen and oxygen atoms in total. The van der Waals surface area contributed by atoms with Gasteiger partial charge in [0.15, 0.2) is 11.4 Å². The summed E-state index contributed by atoms with van der Waals surface area (Å²) in [6.45, 7) is 25.7. The van der Waals surface area contributed by atoms with Crippen LogP contribution in [0.25, 0.3) is 0 Å². The van der Waals surface area contributed by atoms with Gasteiger partial charge in [-0.2, -0.15) is 15.8 Å². The van der Waals surface area contributed by atoms with Gasteiger partial charge in [0, 0.05) is 42.7 Å². The van der Waals surface area contributed by atoms with Crippen molar-refractivity contribution in [1.82, 2.24) is 0 Å². The minimum atomic E-state index is -0.611. The molecule has 0 unspecified atom stereocenters. The maximum Gasteiger partial charge on any atom is 2.00 e. The number of allylic oxidation sites excluding steroid dienone is 2. The Bertz CT molecular complexity index is 1540. The van der Waals surface area contributed by atoms with E-state index in [2.05, 4.69) is 51.5 Å². The van der Waals surface area contributed by atoms with Gasteiger partial charge < -0.3 is 10.2 Å². The van der Waals surface area contributed by atoms with E-state index in [1.807, 2.05) is 65.8 Å². The molecule has 2 aromatic carbocycles. The molecule has 0 fully saturated rings. The molecule has 10 heteroatoms. The molecule has 0 saturated carbocycles. The SMILES string of the molecule is CC#N.CC(C)(C)c1cc(C=N/C(C#N)=C(/C#N)N=Cc2cc(C(C)(C)C)cc(C(C)(C)C)c2[O-])c([O-])c(C(C)(C)C)c1.CS(C)=O.[Zn+2]. The molecule has 0 spiro atoms. The zero-order chi connectivity index (χ0) is 37.1. The number of nitriles is 3. The summed E-state index contributed by atoms with van der Waals surface area (Å²) in [5.74, 6) is -0.346. The van der Waals surface area contributed by atoms with Gasteiger partial charge in [-0.05, 0) is 55.0 Å². The first kappa shape index (κ1) is 46.5. The average molecular weight is 723 g/mol. The third kappa shape index (κ3) is 14.6. The summed E-state index contributed by atoms with van der Waals surface area (Å²) in [5.41, 5.74) is 2.22. The fraction of sp³-hybridized carbons (Fsp3) is 0.500. The minimum Gasteiger partial charge on any atom is -0.872 e. The van der Waals surface area contributed by atoms with Crippen LogP contribution in [-0.2, 0) is 51.9 Å². The Kier molecular flexibility index (Phi) is 18.2. The van der Waals surface area contributed by atoms with Gasteiger partial charge >= 0.3 is 19.5 Å². The van der Waals surface area contributed by atoms with Crippen molar-refractivity contribution in [2.75, 3.05) is 12.5 Å². The second-order valence-corrected chi connectivity index (χ2v) is 16.8. The third-order valence-electron chi connectivity index (χ3n) is 6.68. The second kappa shape index (κ2) is 18.8. The molecule has 0 radical (unpaired) electrons. The van der Waals surface area contributed by atoms with E-state index in [-0.39, 0.29) is 64.0 Å². The molecule has 0 N–H and O–H groups in total. The van der Waals surface area contributed by atoms with E-state index in [1.165, 1.54) is 19.4 Å². The van der Waals surface area contributed by atoms with Crippen molar-refractivity contribution in [3.8, 4) is 29.7 Å². The molecule has 254 valence electrons. The van der Waals surface area contributed by atoms with Crippen LogP contribution in [0.4, 0.5) is 0 Å². The summed E-state index contributed by atoms with van der Waals surface area (Å²) >= 11 is 0. The molecule has 0 amide bonds. The van der Waals surface area contributed by atoms with Gasteiger partial charge in [-0.15, -0.1) is 0 Å². The molecule has 0 aliphatic rings. The zero-order valence-corrected chi connectivity index (χ0v) is 35.3. The van der Waals surface area contributed by atoms with E-state index in [9.17, 15) is 24.9 Å². The molecule has 0 aromatic heterocycles. The topological polar surface area (TPSA) is 159 Å². The number of nitrogens with zero attached hydrogens (tertiary/aromatic N) is 5. The molecule has 2 aromatic rings. The van der Waals surface area contributed by atoms with Crippen molar-refractivity contribution in [2.45, 2.75) is 112 Å². The van der Waals surface area contributed by atoms with Crippen molar-refractivity contribution >= 4 is 23.2 Å². The quantitative estimate of drug-likeness (QED) is 0.182. The van der Waals surface area contributed by atoms with Crippen molar-refractivity contribution in [2.24, 2.45) is 9.98 Å². The van der Waals surface area contributed by atoms with Crippen LogP contribution in [0.3, 0.4) is 0 Å². The Hall–Kier alpha value is -3.64. The summed E-state index contributed by atoms with van der Waals surface area (Å²) in [5, 5.41) is 53.5. The van der Waals surface area contributed by atoms with Crippen molar-refractivity contribution in [1.29, 1.82) is 15.8 Å². The Balaban J connectivity index is 0. The van der Waals surface area contributed by atoms with Gasteiger partial charge in [0.05, 0.1) is 6.07 Å². The molecular formula is C38H51N5O3SZn. The van der Waals surface area contributed by atoms with Gasteiger partial charge in [-0.1, -0.05) is 119 Å². The maximum atomic E-state index is 13.3. The number of hydrogen-bond donors (Lipinski definition) is 0. The van der Waals surface area contributed by atoms with Crippen LogP contribution < -0.4 is 10.2 Å². The predicted octanol–water partition coefficient (Wildman–Crippen LogP) is 7.34. The molecule has 0 bridgehead atoms. The van der Waals surface area contributed by atoms with Gasteiger partial charge in [0.2, 0.25) is 0 Å². The van der Waals surface area contributed by atoms with Crippen LogP contribution in [0, 0.1) is 34.0 Å². The molecule has 0 heterocycles. The van der Waals surface area contributed by atoms with E-state index in [4.69, 9.17) is 5.26 Å². The molecule has 0 aliphatic carbocycles. The first-order valence-electron chi connectivity index (χ1n) is 15.2. The van der Waals surface area contributed by atoms with Crippen LogP contribution in [0.5, 0.6) is 11.5 Å². The maximum absolute atomic E-state index is 13.3. The Labute approximate surface area is 304 Å². The average Bonchev–Trinajstić information content (AvgIpc) is 2.89. The summed E-state index contributed by atoms with van der Waals surface area (Å²) in [4.78, 5) is 8.44. The van der Waals surface area contributed by atoms with Gasteiger partial charge in [0.1, 0.15) is 12.1 Å². The smallest absolute Gasteiger partial charge is 0.872 e. The van der Waals surface area contributed by atoms with Crippen LogP contribution in [-0.4, -0.2) is 29.1 Å². The van der Waals surface area contributed by atoms with Crippen LogP contribution in [0.2, 0.25) is 0 Å². The van der Waals surface area contributed by atoms with Crippen LogP contribution >= 0.6 is 0 Å². The molecule has 2 rings (SSSR count). The Morgan fingerprint density at radius 1 is 0.646 bits per heavy atom. The largest absolute Gasteiger partial charge is 2.00 e. The first-order valence-corrected chi connectivity index (χ1v) is 17.1. The number of hydrogen-bond acceptors (Lipinski definition) is 8. The normalized spacial score (nSPS) is 12.4. The molecule has 48 heavy (non-hydrogen) atoms. The van der Waals surface area contributed by atoms with E-state index in [0.717, 1.165) is 11.1 Å². The molecule has 0 atom stereocenters. The van der Waals surface area contributed by atoms with E-state index in [0.29, 0.717) is 22.3 Å². The summed E-state index contributed by atoms with van der Waals surface area (Å²) < 4.78 is 9.56. The molecule has 0 aliphatic heterocycles. The minimum absolute atomic E-state index is 0. The summed E-state index contributed by atoms with van der Waals surface area (Å²) in [6.07, 6.45) is 5.93.